The first-order valence-corrected chi connectivity index (χ1v) is 11.4. The van der Waals surface area contributed by atoms with Crippen LogP contribution in [0.3, 0.4) is 0 Å². The minimum absolute atomic E-state index is 0.144. The Labute approximate surface area is 167 Å². The molecule has 0 aromatic heterocycles. The van der Waals surface area contributed by atoms with Gasteiger partial charge in [-0.15, -0.1) is 0 Å². The highest BCUT2D eigenvalue weighted by Crippen LogP contribution is 2.34. The highest BCUT2D eigenvalue weighted by Gasteiger charge is 2.39. The molecule has 0 spiro atoms. The fourth-order valence-corrected chi connectivity index (χ4v) is 5.70. The lowest BCUT2D eigenvalue weighted by atomic mass is 9.80. The molecule has 1 aromatic rings. The maximum Gasteiger partial charge on any atom is 0.337 e. The first kappa shape index (κ1) is 21.2. The van der Waals surface area contributed by atoms with E-state index in [0.29, 0.717) is 30.9 Å². The van der Waals surface area contributed by atoms with Crippen molar-refractivity contribution in [1.82, 2.24) is 9.62 Å². The molecule has 0 amide bonds. The van der Waals surface area contributed by atoms with Gasteiger partial charge in [-0.1, -0.05) is 19.3 Å². The molecule has 0 radical (unpaired) electrons. The summed E-state index contributed by atoms with van der Waals surface area (Å²) in [5.41, 5.74) is 0.727. The number of carbonyl (C=O) groups is 1. The van der Waals surface area contributed by atoms with Gasteiger partial charge in [0.05, 0.1) is 30.8 Å². The van der Waals surface area contributed by atoms with Crippen molar-refractivity contribution in [2.24, 2.45) is 0 Å². The Morgan fingerprint density at radius 3 is 2.50 bits per heavy atom. The molecule has 0 unspecified atom stereocenters. The summed E-state index contributed by atoms with van der Waals surface area (Å²) < 4.78 is 39.1. The van der Waals surface area contributed by atoms with Gasteiger partial charge in [-0.2, -0.15) is 0 Å². The summed E-state index contributed by atoms with van der Waals surface area (Å²) in [7, 11) is -2.37. The number of nitrogens with zero attached hydrogens (tertiary/aromatic N) is 1. The van der Waals surface area contributed by atoms with Crippen LogP contribution in [-0.4, -0.2) is 64.8 Å². The van der Waals surface area contributed by atoms with Gasteiger partial charge in [-0.05, 0) is 43.5 Å². The van der Waals surface area contributed by atoms with Crippen LogP contribution in [0, 0.1) is 6.92 Å². The van der Waals surface area contributed by atoms with Crippen LogP contribution in [0.4, 0.5) is 0 Å². The number of benzene rings is 1. The molecule has 1 saturated carbocycles. The molecule has 1 N–H and O–H groups in total. The van der Waals surface area contributed by atoms with E-state index in [4.69, 9.17) is 9.47 Å². The highest BCUT2D eigenvalue weighted by molar-refractivity contribution is 7.89. The Hall–Kier alpha value is -1.48. The van der Waals surface area contributed by atoms with Gasteiger partial charge in [0, 0.05) is 25.2 Å². The predicted octanol–water partition coefficient (Wildman–Crippen LogP) is 2.10. The van der Waals surface area contributed by atoms with Crippen LogP contribution in [0.15, 0.2) is 23.1 Å². The number of methoxy groups -OCH3 is 1. The zero-order valence-corrected chi connectivity index (χ0v) is 17.5. The molecule has 156 valence electrons. The quantitative estimate of drug-likeness (QED) is 0.723. The lowest BCUT2D eigenvalue weighted by Crippen LogP contribution is -2.59. The van der Waals surface area contributed by atoms with Gasteiger partial charge in [0.1, 0.15) is 0 Å². The number of carbonyl (C=O) groups excluding carboxylic acids is 1. The largest absolute Gasteiger partial charge is 0.465 e. The summed E-state index contributed by atoms with van der Waals surface area (Å²) in [6.45, 7) is 5.17. The van der Waals surface area contributed by atoms with Gasteiger partial charge in [0.25, 0.3) is 0 Å². The average molecular weight is 411 g/mol. The minimum Gasteiger partial charge on any atom is -0.465 e. The van der Waals surface area contributed by atoms with E-state index in [2.05, 4.69) is 9.62 Å². The van der Waals surface area contributed by atoms with E-state index in [0.717, 1.165) is 38.8 Å². The van der Waals surface area contributed by atoms with Crippen molar-refractivity contribution in [3.8, 4) is 0 Å². The monoisotopic (exact) mass is 410 g/mol. The van der Waals surface area contributed by atoms with Crippen molar-refractivity contribution in [2.75, 3.05) is 40.0 Å². The number of aryl methyl sites for hydroxylation is 1. The Balaban J connectivity index is 1.78. The number of rotatable bonds is 6. The molecule has 1 saturated heterocycles. The Morgan fingerprint density at radius 1 is 1.21 bits per heavy atom. The maximum absolute atomic E-state index is 13.0. The van der Waals surface area contributed by atoms with Crippen LogP contribution in [-0.2, 0) is 19.5 Å². The molecule has 7 nitrogen and oxygen atoms in total. The van der Waals surface area contributed by atoms with Crippen LogP contribution >= 0.6 is 0 Å². The molecule has 2 aliphatic rings. The number of hydrogen-bond donors (Lipinski definition) is 1. The topological polar surface area (TPSA) is 84.9 Å². The molecule has 0 atom stereocenters. The summed E-state index contributed by atoms with van der Waals surface area (Å²) >= 11 is 0. The molecule has 3 rings (SSSR count). The van der Waals surface area contributed by atoms with Crippen molar-refractivity contribution >= 4 is 16.0 Å². The van der Waals surface area contributed by atoms with Gasteiger partial charge in [-0.25, -0.2) is 17.9 Å². The van der Waals surface area contributed by atoms with Gasteiger partial charge in [-0.3, -0.25) is 4.90 Å². The zero-order chi connectivity index (χ0) is 20.2. The third kappa shape index (κ3) is 4.56. The molecule has 28 heavy (non-hydrogen) atoms. The summed E-state index contributed by atoms with van der Waals surface area (Å²) in [6, 6.07) is 4.52. The Bertz CT molecular complexity index is 797. The number of esters is 1. The van der Waals surface area contributed by atoms with E-state index in [1.54, 1.807) is 13.0 Å². The molecular formula is C20H30N2O5S. The van der Waals surface area contributed by atoms with Crippen LogP contribution in [0.1, 0.15) is 48.0 Å². The SMILES string of the molecule is COC(=O)c1ccc(S(=O)(=O)NCC2(N3CCOCC3)CCCCC2)c(C)c1. The standard InChI is InChI=1S/C20H30N2O5S/c1-16-14-17(19(23)26-2)6-7-18(16)28(24,25)21-15-20(8-4-3-5-9-20)22-10-12-27-13-11-22/h6-7,14,21H,3-5,8-13,15H2,1-2H3. The second-order valence-electron chi connectivity index (χ2n) is 7.68. The summed E-state index contributed by atoms with van der Waals surface area (Å²) in [4.78, 5) is 14.3. The van der Waals surface area contributed by atoms with Crippen molar-refractivity contribution in [3.63, 3.8) is 0 Å². The maximum atomic E-state index is 13.0. The third-order valence-corrected chi connectivity index (χ3v) is 7.50. The van der Waals surface area contributed by atoms with Gasteiger partial charge in [0.15, 0.2) is 0 Å². The second kappa shape index (κ2) is 8.90. The molecule has 1 heterocycles. The number of sulfonamides is 1. The summed E-state index contributed by atoms with van der Waals surface area (Å²) in [5.74, 6) is -0.478. The van der Waals surface area contributed by atoms with Gasteiger partial charge >= 0.3 is 5.97 Å². The van der Waals surface area contributed by atoms with Gasteiger partial charge in [0.2, 0.25) is 10.0 Å². The van der Waals surface area contributed by atoms with Crippen LogP contribution in [0.2, 0.25) is 0 Å². The number of hydrogen-bond acceptors (Lipinski definition) is 6. The number of nitrogens with one attached hydrogen (secondary N) is 1. The first-order valence-electron chi connectivity index (χ1n) is 9.89. The molecule has 0 bridgehead atoms. The second-order valence-corrected chi connectivity index (χ2v) is 9.42. The van der Waals surface area contributed by atoms with E-state index < -0.39 is 16.0 Å². The molecule has 2 fully saturated rings. The van der Waals surface area contributed by atoms with E-state index in [9.17, 15) is 13.2 Å². The predicted molar refractivity (Wildman–Crippen MR) is 106 cm³/mol. The molecule has 1 aromatic carbocycles. The number of ether oxygens (including phenoxy) is 2. The first-order chi connectivity index (χ1) is 13.4. The van der Waals surface area contributed by atoms with Crippen LogP contribution in [0.5, 0.6) is 0 Å². The van der Waals surface area contributed by atoms with Crippen LogP contribution in [0.25, 0.3) is 0 Å². The third-order valence-electron chi connectivity index (χ3n) is 5.94. The normalized spacial score (nSPS) is 20.6. The summed E-state index contributed by atoms with van der Waals surface area (Å²) in [5, 5.41) is 0. The van der Waals surface area contributed by atoms with Gasteiger partial charge < -0.3 is 9.47 Å². The molecule has 8 heteroatoms. The lowest BCUT2D eigenvalue weighted by Gasteiger charge is -2.48. The van der Waals surface area contributed by atoms with Crippen molar-refractivity contribution in [1.29, 1.82) is 0 Å². The zero-order valence-electron chi connectivity index (χ0n) is 16.7. The minimum atomic E-state index is -3.68. The smallest absolute Gasteiger partial charge is 0.337 e. The Morgan fingerprint density at radius 2 is 1.89 bits per heavy atom. The lowest BCUT2D eigenvalue weighted by molar-refractivity contribution is -0.0348. The number of morpholine rings is 1. The van der Waals surface area contributed by atoms with Crippen LogP contribution < -0.4 is 4.72 Å². The van der Waals surface area contributed by atoms with E-state index >= 15 is 0 Å². The molecule has 1 aliphatic heterocycles. The molecular weight excluding hydrogens is 380 g/mol. The van der Waals surface area contributed by atoms with Crippen molar-refractivity contribution in [2.45, 2.75) is 49.5 Å². The van der Waals surface area contributed by atoms with E-state index in [1.807, 2.05) is 0 Å². The Kier molecular flexibility index (Phi) is 6.75. The average Bonchev–Trinajstić information content (AvgIpc) is 2.73. The highest BCUT2D eigenvalue weighted by atomic mass is 32.2. The summed E-state index contributed by atoms with van der Waals surface area (Å²) in [6.07, 6.45) is 5.43. The van der Waals surface area contributed by atoms with Crippen molar-refractivity contribution < 1.29 is 22.7 Å². The molecule has 1 aliphatic carbocycles. The van der Waals surface area contributed by atoms with E-state index in [-0.39, 0.29) is 10.4 Å². The van der Waals surface area contributed by atoms with Crippen molar-refractivity contribution in [3.05, 3.63) is 29.3 Å². The fraction of sp³-hybridized carbons (Fsp3) is 0.650. The van der Waals surface area contributed by atoms with E-state index in [1.165, 1.54) is 25.7 Å². The fourth-order valence-electron chi connectivity index (χ4n) is 4.36.